The van der Waals surface area contributed by atoms with Gasteiger partial charge >= 0.3 is 0 Å². The normalized spacial score (nSPS) is 13.7. The average Bonchev–Trinajstić information content (AvgIpc) is 0.842. The molecule has 5 amide bonds. The number of ether oxygens (including phenoxy) is 6. The van der Waals surface area contributed by atoms with Gasteiger partial charge in [0.2, 0.25) is 11.8 Å². The molecule has 0 heterocycles. The standard InChI is InChI=1S/C79H103N5O12/c1-10-16-22-30-44-91-71-50-62(51-72(92-45-31-23-17-11-2)68(71)39-29-28-38-59(7)85)77(88)82-65-56-66(83-78(89)63-52-73(93-46-32-24-18-12-3)69(40-36-42-80-60(8)86)74(53-63)94-47-33-25-19-13-4)58-67(57-65)84-79(90)64-54-75(95-48-34-26-20-14-5)70(41-37-43-81-61(9)87)76(55-64)96-49-35-27-21-15-6/h1-6,50-55,65-67H,16-49,56-58H2,7-9H3,(H,80,86)(H,81,87)(H,82,88)(H,83,89)(H,84,90)/t65?,66-,67+. The molecule has 0 radical (unpaired) electrons. The number of nitrogens with one attached hydrogen (secondary N) is 5. The van der Waals surface area contributed by atoms with Gasteiger partial charge in [-0.15, -0.1) is 74.1 Å². The fourth-order valence-corrected chi connectivity index (χ4v) is 11.0. The number of rotatable bonds is 49. The van der Waals surface area contributed by atoms with Gasteiger partial charge in [0, 0.05) is 123 Å². The first-order valence-corrected chi connectivity index (χ1v) is 34.4. The highest BCUT2D eigenvalue weighted by Gasteiger charge is 2.34. The summed E-state index contributed by atoms with van der Waals surface area (Å²) in [4.78, 5) is 80.8. The Hall–Kier alpha value is -9.16. The molecule has 96 heavy (non-hydrogen) atoms. The first-order chi connectivity index (χ1) is 46.6. The number of benzene rings is 3. The molecule has 1 fully saturated rings. The highest BCUT2D eigenvalue weighted by molar-refractivity contribution is 5.97. The Balaban J connectivity index is 1.86. The maximum absolute atomic E-state index is 15.0. The van der Waals surface area contributed by atoms with Crippen LogP contribution in [-0.4, -0.2) is 106 Å². The summed E-state index contributed by atoms with van der Waals surface area (Å²) in [5.74, 6) is 17.4. The van der Waals surface area contributed by atoms with E-state index >= 15 is 14.4 Å². The number of Topliss-reactive ketones (excluding diaryl/α,β-unsaturated/α-hetero) is 1. The van der Waals surface area contributed by atoms with Crippen LogP contribution in [0.3, 0.4) is 0 Å². The van der Waals surface area contributed by atoms with E-state index in [9.17, 15) is 14.4 Å². The minimum Gasteiger partial charge on any atom is -0.493 e. The Morgan fingerprint density at radius 2 is 0.594 bits per heavy atom. The summed E-state index contributed by atoms with van der Waals surface area (Å²) >= 11 is 0. The van der Waals surface area contributed by atoms with Gasteiger partial charge in [0.25, 0.3) is 17.7 Å². The molecule has 3 atom stereocenters. The Bertz CT molecular complexity index is 2740. The van der Waals surface area contributed by atoms with E-state index in [1.807, 2.05) is 0 Å². The summed E-state index contributed by atoms with van der Waals surface area (Å²) in [6.45, 7) is 7.30. The maximum Gasteiger partial charge on any atom is 0.251 e. The smallest absolute Gasteiger partial charge is 0.251 e. The SMILES string of the molecule is C#CCCCCOc1cc(C(=O)NC2C[C@@H](NC(=O)c3cc(OCCCCC#C)c(CCCNC(C)=O)c(OCCCCC#C)c3)C[C@@H](NC(=O)c3cc(OCCCCC#C)c(CCCNC(C)=O)c(OCCCCC#C)c3)C2)cc(OCCCCC#C)c1CCCCC(C)=O. The van der Waals surface area contributed by atoms with E-state index in [1.54, 1.807) is 43.3 Å². The van der Waals surface area contributed by atoms with Crippen LogP contribution in [0.4, 0.5) is 0 Å². The molecule has 4 rings (SSSR count). The van der Waals surface area contributed by atoms with Crippen molar-refractivity contribution in [3.63, 3.8) is 0 Å². The Labute approximate surface area is 572 Å². The predicted molar refractivity (Wildman–Crippen MR) is 378 cm³/mol. The van der Waals surface area contributed by atoms with Crippen LogP contribution in [0.5, 0.6) is 34.5 Å². The van der Waals surface area contributed by atoms with Gasteiger partial charge in [-0.3, -0.25) is 24.0 Å². The first kappa shape index (κ1) is 79.3. The van der Waals surface area contributed by atoms with Crippen LogP contribution < -0.4 is 55.0 Å². The Kier molecular flexibility index (Phi) is 39.4. The number of unbranched alkanes of at least 4 members (excludes halogenated alkanes) is 13. The van der Waals surface area contributed by atoms with Gasteiger partial charge in [-0.05, 0) is 185 Å². The van der Waals surface area contributed by atoms with Crippen LogP contribution in [0, 0.1) is 74.1 Å². The second-order valence-corrected chi connectivity index (χ2v) is 24.2. The zero-order chi connectivity index (χ0) is 69.6. The van der Waals surface area contributed by atoms with Crippen molar-refractivity contribution in [2.45, 2.75) is 225 Å². The van der Waals surface area contributed by atoms with Crippen molar-refractivity contribution in [3.8, 4) is 109 Å². The summed E-state index contributed by atoms with van der Waals surface area (Å²) in [5.41, 5.74) is 3.09. The van der Waals surface area contributed by atoms with Crippen molar-refractivity contribution >= 4 is 35.3 Å². The zero-order valence-electron chi connectivity index (χ0n) is 57.2. The van der Waals surface area contributed by atoms with E-state index < -0.39 is 35.8 Å². The second-order valence-electron chi connectivity index (χ2n) is 24.2. The largest absolute Gasteiger partial charge is 0.493 e. The quantitative estimate of drug-likeness (QED) is 0.0263. The van der Waals surface area contributed by atoms with E-state index in [2.05, 4.69) is 62.1 Å². The molecule has 1 unspecified atom stereocenters. The molecular weight excluding hydrogens is 1210 g/mol. The van der Waals surface area contributed by atoms with Gasteiger partial charge in [0.1, 0.15) is 40.3 Å². The molecule has 0 aliphatic heterocycles. The number of amides is 5. The first-order valence-electron chi connectivity index (χ1n) is 34.4. The van der Waals surface area contributed by atoms with Crippen molar-refractivity contribution in [2.75, 3.05) is 52.7 Å². The highest BCUT2D eigenvalue weighted by atomic mass is 16.5. The zero-order valence-corrected chi connectivity index (χ0v) is 57.2. The molecule has 3 aromatic rings. The van der Waals surface area contributed by atoms with Crippen LogP contribution in [-0.2, 0) is 33.6 Å². The van der Waals surface area contributed by atoms with Gasteiger partial charge in [-0.1, -0.05) is 0 Å². The summed E-state index contributed by atoms with van der Waals surface area (Å²) in [6, 6.07) is 8.45. The number of ketones is 1. The summed E-state index contributed by atoms with van der Waals surface area (Å²) in [6.07, 6.45) is 50.6. The minimum absolute atomic E-state index is 0.0977. The van der Waals surface area contributed by atoms with E-state index in [4.69, 9.17) is 67.0 Å². The Morgan fingerprint density at radius 3 is 0.812 bits per heavy atom. The third-order valence-corrected chi connectivity index (χ3v) is 16.0. The minimum atomic E-state index is -0.614. The Morgan fingerprint density at radius 1 is 0.354 bits per heavy atom. The number of carbonyl (C=O) groups excluding carboxylic acids is 6. The van der Waals surface area contributed by atoms with Crippen molar-refractivity contribution in [3.05, 3.63) is 69.8 Å². The molecule has 516 valence electrons. The van der Waals surface area contributed by atoms with Crippen molar-refractivity contribution in [1.29, 1.82) is 0 Å². The summed E-state index contributed by atoms with van der Waals surface area (Å²) in [5, 5.41) is 15.5. The van der Waals surface area contributed by atoms with E-state index in [0.29, 0.717) is 216 Å². The van der Waals surface area contributed by atoms with Crippen molar-refractivity contribution in [1.82, 2.24) is 26.6 Å². The molecule has 0 saturated heterocycles. The summed E-state index contributed by atoms with van der Waals surface area (Å²) in [7, 11) is 0. The monoisotopic (exact) mass is 1310 g/mol. The number of terminal acetylenes is 6. The molecule has 0 aromatic heterocycles. The lowest BCUT2D eigenvalue weighted by Gasteiger charge is -2.36. The molecule has 0 bridgehead atoms. The van der Waals surface area contributed by atoms with Crippen molar-refractivity contribution in [2.24, 2.45) is 0 Å². The molecule has 1 aliphatic carbocycles. The lowest BCUT2D eigenvalue weighted by molar-refractivity contribution is -0.119. The van der Waals surface area contributed by atoms with E-state index in [0.717, 1.165) is 55.2 Å². The van der Waals surface area contributed by atoms with Gasteiger partial charge in [0.15, 0.2) is 0 Å². The topological polar surface area (TPSA) is 218 Å². The second kappa shape index (κ2) is 47.7. The highest BCUT2D eigenvalue weighted by Crippen LogP contribution is 2.37. The van der Waals surface area contributed by atoms with Gasteiger partial charge in [-0.25, -0.2) is 0 Å². The molecule has 1 saturated carbocycles. The number of hydrogen-bond donors (Lipinski definition) is 5. The fourth-order valence-electron chi connectivity index (χ4n) is 11.0. The van der Waals surface area contributed by atoms with Crippen molar-refractivity contribution < 1.29 is 57.2 Å². The van der Waals surface area contributed by atoms with Gasteiger partial charge in [-0.2, -0.15) is 0 Å². The number of hydrogen-bond acceptors (Lipinski definition) is 12. The average molecular weight is 1310 g/mol. The molecule has 17 heteroatoms. The lowest BCUT2D eigenvalue weighted by Crippen LogP contribution is -2.53. The van der Waals surface area contributed by atoms with Crippen LogP contribution in [0.25, 0.3) is 0 Å². The third-order valence-electron chi connectivity index (χ3n) is 16.0. The summed E-state index contributed by atoms with van der Waals surface area (Å²) < 4.78 is 38.8. The fraction of sp³-hybridized carbons (Fsp3) is 0.544. The molecular formula is C79H103N5O12. The van der Waals surface area contributed by atoms with Crippen LogP contribution in [0.15, 0.2) is 36.4 Å². The molecule has 17 nitrogen and oxygen atoms in total. The molecule has 3 aromatic carbocycles. The molecule has 0 spiro atoms. The van der Waals surface area contributed by atoms with Gasteiger partial charge in [0.05, 0.1) is 39.6 Å². The van der Waals surface area contributed by atoms with Crippen LogP contribution >= 0.6 is 0 Å². The van der Waals surface area contributed by atoms with Crippen LogP contribution in [0.2, 0.25) is 0 Å². The predicted octanol–water partition coefficient (Wildman–Crippen LogP) is 12.1. The van der Waals surface area contributed by atoms with Crippen LogP contribution in [0.1, 0.15) is 235 Å². The number of carbonyl (C=O) groups is 6. The molecule has 1 aliphatic rings. The van der Waals surface area contributed by atoms with E-state index in [-0.39, 0.29) is 53.6 Å². The van der Waals surface area contributed by atoms with Gasteiger partial charge < -0.3 is 59.8 Å². The maximum atomic E-state index is 15.0. The molecule has 5 N–H and O–H groups in total. The lowest BCUT2D eigenvalue weighted by atomic mass is 9.86. The van der Waals surface area contributed by atoms with E-state index in [1.165, 1.54) is 13.8 Å². The third kappa shape index (κ3) is 31.4.